The van der Waals surface area contributed by atoms with Gasteiger partial charge in [-0.1, -0.05) is 36.4 Å². The Morgan fingerprint density at radius 1 is 1.19 bits per heavy atom. The molecular weight excluding hydrogens is 470 g/mol. The Balaban J connectivity index is 1.74. The topological polar surface area (TPSA) is 87.8 Å². The van der Waals surface area contributed by atoms with Crippen molar-refractivity contribution < 1.29 is 14.6 Å². The first-order chi connectivity index (χ1) is 17.1. The molecule has 4 rings (SSSR count). The molecule has 190 valence electrons. The predicted octanol–water partition coefficient (Wildman–Crippen LogP) is 6.07. The number of hydrogen-bond acceptors (Lipinski definition) is 6. The van der Waals surface area contributed by atoms with Crippen LogP contribution in [0, 0.1) is 19.3 Å². The molecule has 1 aliphatic heterocycles. The molecule has 3 aromatic carbocycles. The molecular formula is C29H35N3O3S. The second-order valence-electron chi connectivity index (χ2n) is 9.89. The van der Waals surface area contributed by atoms with Crippen molar-refractivity contribution in [2.45, 2.75) is 45.1 Å². The molecule has 4 N–H and O–H groups in total. The second-order valence-corrected chi connectivity index (χ2v) is 11.0. The normalized spacial score (nSPS) is 14.9. The summed E-state index contributed by atoms with van der Waals surface area (Å²) in [6, 6.07) is 18.4. The molecule has 1 heterocycles. The Bertz CT molecular complexity index is 1270. The highest BCUT2D eigenvalue weighted by Gasteiger charge is 2.40. The van der Waals surface area contributed by atoms with E-state index in [1.165, 1.54) is 11.1 Å². The summed E-state index contributed by atoms with van der Waals surface area (Å²) in [5.74, 6) is -0.303. The van der Waals surface area contributed by atoms with E-state index in [1.54, 1.807) is 25.8 Å². The van der Waals surface area contributed by atoms with Gasteiger partial charge in [0, 0.05) is 26.1 Å². The molecule has 7 heteroatoms. The minimum Gasteiger partial charge on any atom is -0.491 e. The standard InChI is InChI=1S/C29H35N3O3S/c1-18-10-11-20(16-21(18)17-32-14-15-35-24-8-6-7-9-25(24)36-32)26(29(3,4)28(33)34)22-12-13-23(31-5)27(30)19(22)2/h6-13,16,26,31H,14-15,17,30H2,1-5H3,(H,33,34). The third-order valence-electron chi connectivity index (χ3n) is 7.14. The summed E-state index contributed by atoms with van der Waals surface area (Å²) >= 11 is 1.70. The summed E-state index contributed by atoms with van der Waals surface area (Å²) in [5, 5.41) is 13.4. The number of aliphatic carboxylic acids is 1. The van der Waals surface area contributed by atoms with Crippen LogP contribution in [0.25, 0.3) is 0 Å². The van der Waals surface area contributed by atoms with Gasteiger partial charge in [-0.3, -0.25) is 4.79 Å². The summed E-state index contributed by atoms with van der Waals surface area (Å²) in [6.07, 6.45) is 0. The maximum atomic E-state index is 12.5. The summed E-state index contributed by atoms with van der Waals surface area (Å²) in [5.41, 5.74) is 12.0. The predicted molar refractivity (Wildman–Crippen MR) is 148 cm³/mol. The summed E-state index contributed by atoms with van der Waals surface area (Å²) in [4.78, 5) is 13.6. The number of carboxylic acid groups (broad SMARTS) is 1. The lowest BCUT2D eigenvalue weighted by Crippen LogP contribution is -2.33. The third kappa shape index (κ3) is 5.04. The smallest absolute Gasteiger partial charge is 0.310 e. The van der Waals surface area contributed by atoms with E-state index in [-0.39, 0.29) is 5.92 Å². The number of nitrogens with one attached hydrogen (secondary N) is 1. The van der Waals surface area contributed by atoms with Gasteiger partial charge in [0.25, 0.3) is 0 Å². The lowest BCUT2D eigenvalue weighted by atomic mass is 9.69. The fraction of sp³-hybridized carbons (Fsp3) is 0.345. The van der Waals surface area contributed by atoms with Crippen molar-refractivity contribution >= 4 is 29.3 Å². The number of nitrogens with two attached hydrogens (primary N) is 1. The monoisotopic (exact) mass is 505 g/mol. The molecule has 1 unspecified atom stereocenters. The van der Waals surface area contributed by atoms with Gasteiger partial charge in [0.05, 0.1) is 21.7 Å². The zero-order valence-electron chi connectivity index (χ0n) is 21.6. The quantitative estimate of drug-likeness (QED) is 0.265. The van der Waals surface area contributed by atoms with Gasteiger partial charge in [-0.25, -0.2) is 4.31 Å². The van der Waals surface area contributed by atoms with Crippen LogP contribution in [0.4, 0.5) is 11.4 Å². The van der Waals surface area contributed by atoms with E-state index in [1.807, 2.05) is 44.3 Å². The number of anilines is 2. The molecule has 0 amide bonds. The molecule has 0 aromatic heterocycles. The van der Waals surface area contributed by atoms with Crippen LogP contribution in [-0.2, 0) is 11.3 Å². The molecule has 6 nitrogen and oxygen atoms in total. The van der Waals surface area contributed by atoms with Crippen molar-refractivity contribution in [3.63, 3.8) is 0 Å². The fourth-order valence-electron chi connectivity index (χ4n) is 4.81. The van der Waals surface area contributed by atoms with Crippen molar-refractivity contribution in [2.75, 3.05) is 31.2 Å². The highest BCUT2D eigenvalue weighted by molar-refractivity contribution is 7.97. The maximum absolute atomic E-state index is 12.5. The number of ether oxygens (including phenoxy) is 1. The Morgan fingerprint density at radius 3 is 2.67 bits per heavy atom. The average Bonchev–Trinajstić information content (AvgIpc) is 3.05. The van der Waals surface area contributed by atoms with Crippen LogP contribution in [0.3, 0.4) is 0 Å². The van der Waals surface area contributed by atoms with Crippen LogP contribution >= 0.6 is 11.9 Å². The van der Waals surface area contributed by atoms with E-state index in [4.69, 9.17) is 10.5 Å². The van der Waals surface area contributed by atoms with Crippen LogP contribution in [0.1, 0.15) is 47.6 Å². The highest BCUT2D eigenvalue weighted by Crippen LogP contribution is 2.45. The number of nitrogens with zero attached hydrogens (tertiary/aromatic N) is 1. The highest BCUT2D eigenvalue weighted by atomic mass is 32.2. The van der Waals surface area contributed by atoms with E-state index in [9.17, 15) is 9.90 Å². The number of carbonyl (C=O) groups is 1. The van der Waals surface area contributed by atoms with Gasteiger partial charge < -0.3 is 20.9 Å². The van der Waals surface area contributed by atoms with Crippen molar-refractivity contribution in [2.24, 2.45) is 5.41 Å². The first-order valence-corrected chi connectivity index (χ1v) is 12.9. The van der Waals surface area contributed by atoms with Crippen molar-refractivity contribution in [3.05, 3.63) is 82.4 Å². The first-order valence-electron chi connectivity index (χ1n) is 12.2. The minimum atomic E-state index is -1.05. The minimum absolute atomic E-state index is 0.372. The number of benzene rings is 3. The molecule has 0 bridgehead atoms. The van der Waals surface area contributed by atoms with Crippen LogP contribution in [0.15, 0.2) is 59.5 Å². The lowest BCUT2D eigenvalue weighted by molar-refractivity contribution is -0.147. The molecule has 0 saturated carbocycles. The van der Waals surface area contributed by atoms with Gasteiger partial charge in [-0.15, -0.1) is 0 Å². The summed E-state index contributed by atoms with van der Waals surface area (Å²) < 4.78 is 8.24. The Morgan fingerprint density at radius 2 is 1.94 bits per heavy atom. The summed E-state index contributed by atoms with van der Waals surface area (Å²) in [7, 11) is 1.83. The van der Waals surface area contributed by atoms with Gasteiger partial charge in [0.1, 0.15) is 12.4 Å². The zero-order valence-corrected chi connectivity index (χ0v) is 22.4. The number of rotatable bonds is 7. The molecule has 0 fully saturated rings. The molecule has 0 aliphatic carbocycles. The zero-order chi connectivity index (χ0) is 26.0. The van der Waals surface area contributed by atoms with Crippen molar-refractivity contribution in [1.29, 1.82) is 0 Å². The van der Waals surface area contributed by atoms with Gasteiger partial charge in [0.15, 0.2) is 0 Å². The lowest BCUT2D eigenvalue weighted by Gasteiger charge is -2.33. The average molecular weight is 506 g/mol. The largest absolute Gasteiger partial charge is 0.491 e. The Hall–Kier alpha value is -3.16. The van der Waals surface area contributed by atoms with Gasteiger partial charge in [-0.05, 0) is 85.7 Å². The van der Waals surface area contributed by atoms with Gasteiger partial charge >= 0.3 is 5.97 Å². The number of hydrogen-bond donors (Lipinski definition) is 3. The molecule has 0 radical (unpaired) electrons. The Kier molecular flexibility index (Phi) is 7.52. The molecule has 1 atom stereocenters. The number of para-hydroxylation sites is 1. The molecule has 3 aromatic rings. The molecule has 1 aliphatic rings. The van der Waals surface area contributed by atoms with Crippen LogP contribution in [0.5, 0.6) is 5.75 Å². The third-order valence-corrected chi connectivity index (χ3v) is 8.24. The SMILES string of the molecule is CNc1ccc(C(c2ccc(C)c(CN3CCOc4ccccc4S3)c2)C(C)(C)C(=O)O)c(C)c1N. The van der Waals surface area contributed by atoms with E-state index in [2.05, 4.69) is 40.8 Å². The number of aryl methyl sites for hydroxylation is 1. The molecule has 0 spiro atoms. The number of fused-ring (bicyclic) bond motifs is 1. The number of carboxylic acids is 1. The molecule has 0 saturated heterocycles. The van der Waals surface area contributed by atoms with Crippen LogP contribution in [0.2, 0.25) is 0 Å². The van der Waals surface area contributed by atoms with Gasteiger partial charge in [-0.2, -0.15) is 0 Å². The van der Waals surface area contributed by atoms with Crippen molar-refractivity contribution in [1.82, 2.24) is 4.31 Å². The summed E-state index contributed by atoms with van der Waals surface area (Å²) in [6.45, 7) is 9.79. The maximum Gasteiger partial charge on any atom is 0.310 e. The van der Waals surface area contributed by atoms with Crippen LogP contribution in [-0.4, -0.2) is 35.6 Å². The first kappa shape index (κ1) is 25.9. The van der Waals surface area contributed by atoms with Gasteiger partial charge in [0.2, 0.25) is 0 Å². The number of nitrogen functional groups attached to an aromatic ring is 1. The fourth-order valence-corrected chi connectivity index (χ4v) is 5.82. The van der Waals surface area contributed by atoms with E-state index in [0.29, 0.717) is 12.3 Å². The van der Waals surface area contributed by atoms with E-state index >= 15 is 0 Å². The Labute approximate surface area is 218 Å². The second kappa shape index (κ2) is 10.4. The van der Waals surface area contributed by atoms with E-state index in [0.717, 1.165) is 46.1 Å². The van der Waals surface area contributed by atoms with E-state index < -0.39 is 11.4 Å². The van der Waals surface area contributed by atoms with Crippen LogP contribution < -0.4 is 15.8 Å². The molecule has 36 heavy (non-hydrogen) atoms. The van der Waals surface area contributed by atoms with Crippen molar-refractivity contribution in [3.8, 4) is 5.75 Å².